The number of nitrogens with two attached hydrogens (primary N) is 1. The minimum absolute atomic E-state index is 0.128. The quantitative estimate of drug-likeness (QED) is 0.397. The fourth-order valence-electron chi connectivity index (χ4n) is 1.55. The summed E-state index contributed by atoms with van der Waals surface area (Å²) < 4.78 is 5.04. The number of hydrogen-bond acceptors (Lipinski definition) is 3. The molecule has 0 saturated carbocycles. The largest absolute Gasteiger partial charge is 0.497 e. The summed E-state index contributed by atoms with van der Waals surface area (Å²) in [5.41, 5.74) is 6.29. The molecule has 0 aliphatic rings. The Balaban J connectivity index is 2.28. The van der Waals surface area contributed by atoms with Crippen molar-refractivity contribution in [2.75, 3.05) is 26.7 Å². The molecule has 1 rings (SSSR count). The summed E-state index contributed by atoms with van der Waals surface area (Å²) in [5, 5.41) is 5.76. The molecule has 0 bridgehead atoms. The molecule has 0 radical (unpaired) electrons. The maximum Gasteiger partial charge on any atom is 0.251 e. The van der Waals surface area contributed by atoms with E-state index in [1.807, 2.05) is 0 Å². The van der Waals surface area contributed by atoms with Crippen molar-refractivity contribution in [3.8, 4) is 5.75 Å². The van der Waals surface area contributed by atoms with Gasteiger partial charge in [0.25, 0.3) is 5.91 Å². The standard InChI is InChI=1S/C15H24N4O2/c1-11(2)10-19-15(16)18-9-8-17-14(20)12-4-6-13(21-3)7-5-12/h4-7,11H,8-10H2,1-3H3,(H,17,20)(H3,16,18,19). The van der Waals surface area contributed by atoms with Gasteiger partial charge >= 0.3 is 0 Å². The van der Waals surface area contributed by atoms with E-state index in [4.69, 9.17) is 10.5 Å². The highest BCUT2D eigenvalue weighted by molar-refractivity contribution is 5.94. The average molecular weight is 292 g/mol. The molecule has 0 atom stereocenters. The Morgan fingerprint density at radius 1 is 1.24 bits per heavy atom. The van der Waals surface area contributed by atoms with E-state index in [0.717, 1.165) is 5.75 Å². The van der Waals surface area contributed by atoms with Crippen molar-refractivity contribution in [3.05, 3.63) is 29.8 Å². The summed E-state index contributed by atoms with van der Waals surface area (Å²) >= 11 is 0. The van der Waals surface area contributed by atoms with Crippen LogP contribution in [-0.2, 0) is 0 Å². The number of rotatable bonds is 7. The molecule has 0 aliphatic heterocycles. The lowest BCUT2D eigenvalue weighted by Gasteiger charge is -2.08. The zero-order chi connectivity index (χ0) is 15.7. The molecule has 21 heavy (non-hydrogen) atoms. The van der Waals surface area contributed by atoms with Crippen molar-refractivity contribution >= 4 is 11.9 Å². The number of nitrogens with one attached hydrogen (secondary N) is 2. The Morgan fingerprint density at radius 2 is 1.86 bits per heavy atom. The van der Waals surface area contributed by atoms with E-state index in [0.29, 0.717) is 37.1 Å². The molecule has 1 aromatic rings. The monoisotopic (exact) mass is 292 g/mol. The number of carbonyl (C=O) groups excluding carboxylic acids is 1. The van der Waals surface area contributed by atoms with Crippen molar-refractivity contribution in [1.82, 2.24) is 10.6 Å². The highest BCUT2D eigenvalue weighted by Crippen LogP contribution is 2.10. The van der Waals surface area contributed by atoms with Crippen molar-refractivity contribution in [1.29, 1.82) is 0 Å². The molecule has 0 heterocycles. The molecule has 0 unspecified atom stereocenters. The molecule has 0 saturated heterocycles. The van der Waals surface area contributed by atoms with E-state index >= 15 is 0 Å². The molecule has 0 aliphatic carbocycles. The third-order valence-corrected chi connectivity index (χ3v) is 2.70. The van der Waals surface area contributed by atoms with Gasteiger partial charge in [0.2, 0.25) is 0 Å². The van der Waals surface area contributed by atoms with E-state index in [9.17, 15) is 4.79 Å². The molecule has 1 amide bonds. The summed E-state index contributed by atoms with van der Waals surface area (Å²) in [6.07, 6.45) is 0. The van der Waals surface area contributed by atoms with E-state index in [1.165, 1.54) is 0 Å². The van der Waals surface area contributed by atoms with Gasteiger partial charge in [-0.05, 0) is 30.2 Å². The number of hydrogen-bond donors (Lipinski definition) is 3. The van der Waals surface area contributed by atoms with Crippen molar-refractivity contribution < 1.29 is 9.53 Å². The predicted octanol–water partition coefficient (Wildman–Crippen LogP) is 0.985. The first-order valence-corrected chi connectivity index (χ1v) is 6.99. The van der Waals surface area contributed by atoms with Gasteiger partial charge in [-0.2, -0.15) is 0 Å². The molecule has 116 valence electrons. The molecular weight excluding hydrogens is 268 g/mol. The minimum Gasteiger partial charge on any atom is -0.497 e. The number of benzene rings is 1. The number of guanidine groups is 1. The topological polar surface area (TPSA) is 88.7 Å². The highest BCUT2D eigenvalue weighted by atomic mass is 16.5. The summed E-state index contributed by atoms with van der Waals surface area (Å²) in [6.45, 7) is 5.85. The van der Waals surface area contributed by atoms with Crippen LogP contribution in [0.15, 0.2) is 29.3 Å². The molecule has 0 fully saturated rings. The number of amides is 1. The normalized spacial score (nSPS) is 11.3. The summed E-state index contributed by atoms with van der Waals surface area (Å²) in [7, 11) is 1.59. The molecule has 0 aromatic heterocycles. The van der Waals surface area contributed by atoms with Crippen LogP contribution in [0.1, 0.15) is 24.2 Å². The Hall–Kier alpha value is -2.24. The first-order valence-electron chi connectivity index (χ1n) is 6.99. The number of aliphatic imine (C=N–C) groups is 1. The van der Waals surface area contributed by atoms with Crippen molar-refractivity contribution in [3.63, 3.8) is 0 Å². The van der Waals surface area contributed by atoms with Crippen LogP contribution in [0.25, 0.3) is 0 Å². The van der Waals surface area contributed by atoms with Crippen LogP contribution in [0.5, 0.6) is 5.75 Å². The SMILES string of the molecule is COc1ccc(C(=O)NCCNC(N)=NCC(C)C)cc1. The molecule has 0 spiro atoms. The Labute approximate surface area is 125 Å². The molecular formula is C15H24N4O2. The highest BCUT2D eigenvalue weighted by Gasteiger charge is 2.04. The van der Waals surface area contributed by atoms with Gasteiger partial charge < -0.3 is 21.1 Å². The van der Waals surface area contributed by atoms with Crippen LogP contribution in [-0.4, -0.2) is 38.6 Å². The van der Waals surface area contributed by atoms with E-state index in [2.05, 4.69) is 29.5 Å². The summed E-state index contributed by atoms with van der Waals surface area (Å²) in [6, 6.07) is 6.95. The summed E-state index contributed by atoms with van der Waals surface area (Å²) in [5.74, 6) is 1.47. The van der Waals surface area contributed by atoms with Gasteiger partial charge in [-0.3, -0.25) is 9.79 Å². The lowest BCUT2D eigenvalue weighted by molar-refractivity contribution is 0.0954. The van der Waals surface area contributed by atoms with E-state index < -0.39 is 0 Å². The number of methoxy groups -OCH3 is 1. The average Bonchev–Trinajstić information content (AvgIpc) is 2.49. The van der Waals surface area contributed by atoms with Gasteiger partial charge in [0, 0.05) is 25.2 Å². The van der Waals surface area contributed by atoms with E-state index in [-0.39, 0.29) is 5.91 Å². The fraction of sp³-hybridized carbons (Fsp3) is 0.467. The molecule has 4 N–H and O–H groups in total. The first kappa shape index (κ1) is 16.8. The second-order valence-corrected chi connectivity index (χ2v) is 5.03. The third-order valence-electron chi connectivity index (χ3n) is 2.70. The first-order chi connectivity index (χ1) is 10.0. The Morgan fingerprint density at radius 3 is 2.43 bits per heavy atom. The second kappa shape index (κ2) is 8.84. The lowest BCUT2D eigenvalue weighted by atomic mass is 10.2. The molecule has 1 aromatic carbocycles. The van der Waals surface area contributed by atoms with E-state index in [1.54, 1.807) is 31.4 Å². The third kappa shape index (κ3) is 6.65. The smallest absolute Gasteiger partial charge is 0.251 e. The van der Waals surface area contributed by atoms with Gasteiger partial charge in [-0.1, -0.05) is 13.8 Å². The number of ether oxygens (including phenoxy) is 1. The predicted molar refractivity (Wildman–Crippen MR) is 84.7 cm³/mol. The van der Waals surface area contributed by atoms with Crippen LogP contribution < -0.4 is 21.1 Å². The van der Waals surface area contributed by atoms with Crippen LogP contribution >= 0.6 is 0 Å². The van der Waals surface area contributed by atoms with Crippen LogP contribution in [0.4, 0.5) is 0 Å². The zero-order valence-electron chi connectivity index (χ0n) is 12.8. The fourth-order valence-corrected chi connectivity index (χ4v) is 1.55. The maximum absolute atomic E-state index is 11.9. The molecule has 6 heteroatoms. The van der Waals surface area contributed by atoms with Crippen LogP contribution in [0, 0.1) is 5.92 Å². The van der Waals surface area contributed by atoms with Gasteiger partial charge in [0.1, 0.15) is 5.75 Å². The van der Waals surface area contributed by atoms with Crippen LogP contribution in [0.3, 0.4) is 0 Å². The zero-order valence-corrected chi connectivity index (χ0v) is 12.8. The van der Waals surface area contributed by atoms with Gasteiger partial charge in [0.05, 0.1) is 7.11 Å². The number of carbonyl (C=O) groups is 1. The Bertz CT molecular complexity index is 469. The lowest BCUT2D eigenvalue weighted by Crippen LogP contribution is -2.38. The Kier molecular flexibility index (Phi) is 7.08. The molecule has 6 nitrogen and oxygen atoms in total. The second-order valence-electron chi connectivity index (χ2n) is 5.03. The summed E-state index contributed by atoms with van der Waals surface area (Å²) in [4.78, 5) is 16.0. The van der Waals surface area contributed by atoms with Gasteiger partial charge in [0.15, 0.2) is 5.96 Å². The van der Waals surface area contributed by atoms with Crippen LogP contribution in [0.2, 0.25) is 0 Å². The van der Waals surface area contributed by atoms with Crippen molar-refractivity contribution in [2.24, 2.45) is 16.6 Å². The van der Waals surface area contributed by atoms with Gasteiger partial charge in [-0.15, -0.1) is 0 Å². The number of nitrogens with zero attached hydrogens (tertiary/aromatic N) is 1. The van der Waals surface area contributed by atoms with Gasteiger partial charge in [-0.25, -0.2) is 0 Å². The van der Waals surface area contributed by atoms with Crippen molar-refractivity contribution in [2.45, 2.75) is 13.8 Å². The maximum atomic E-state index is 11.9. The minimum atomic E-state index is -0.128.